The monoisotopic (exact) mass is 174 g/mol. The van der Waals surface area contributed by atoms with E-state index in [0.717, 1.165) is 5.56 Å². The molecular weight excluding hydrogens is 168 g/mol. The van der Waals surface area contributed by atoms with Crippen molar-refractivity contribution in [3.63, 3.8) is 0 Å². The number of ether oxygens (including phenoxy) is 1. The van der Waals surface area contributed by atoms with Gasteiger partial charge in [0.25, 0.3) is 0 Å². The Balaban J connectivity index is 2.37. The molecule has 1 aromatic rings. The van der Waals surface area contributed by atoms with E-state index in [2.05, 4.69) is 5.18 Å². The molecule has 2 rings (SSSR count). The third kappa shape index (κ3) is 1.25. The van der Waals surface area contributed by atoms with Gasteiger partial charge in [-0.1, -0.05) is 0 Å². The quantitative estimate of drug-likeness (QED) is 0.611. The molecule has 0 radical (unpaired) electrons. The number of hydrogen-bond acceptors (Lipinski definition) is 4. The molecule has 1 aromatic carbocycles. The van der Waals surface area contributed by atoms with Crippen molar-refractivity contribution < 1.29 is 4.74 Å². The van der Waals surface area contributed by atoms with Gasteiger partial charge in [-0.05, 0) is 23.4 Å². The van der Waals surface area contributed by atoms with Gasteiger partial charge < -0.3 is 4.74 Å². The van der Waals surface area contributed by atoms with E-state index in [0.29, 0.717) is 17.9 Å². The number of nitrogens with zero attached hydrogens (tertiary/aromatic N) is 2. The van der Waals surface area contributed by atoms with Gasteiger partial charge in [0, 0.05) is 12.0 Å². The van der Waals surface area contributed by atoms with E-state index in [-0.39, 0.29) is 0 Å². The predicted molar refractivity (Wildman–Crippen MR) is 45.6 cm³/mol. The first kappa shape index (κ1) is 7.74. The van der Waals surface area contributed by atoms with Crippen LogP contribution in [-0.2, 0) is 6.42 Å². The summed E-state index contributed by atoms with van der Waals surface area (Å²) in [6, 6.07) is 6.91. The molecule has 0 aliphatic carbocycles. The fraction of sp³-hybridized carbons (Fsp3) is 0.222. The fourth-order valence-corrected chi connectivity index (χ4v) is 1.36. The summed E-state index contributed by atoms with van der Waals surface area (Å²) in [7, 11) is 0. The molecule has 0 saturated carbocycles. The van der Waals surface area contributed by atoms with Gasteiger partial charge in [-0.3, -0.25) is 0 Å². The first-order valence-corrected chi connectivity index (χ1v) is 3.86. The molecule has 1 aliphatic heterocycles. The summed E-state index contributed by atoms with van der Waals surface area (Å²) >= 11 is 0. The molecule has 0 spiro atoms. The van der Waals surface area contributed by atoms with Crippen molar-refractivity contribution in [1.29, 1.82) is 5.26 Å². The zero-order valence-corrected chi connectivity index (χ0v) is 6.73. The Morgan fingerprint density at radius 3 is 3.15 bits per heavy atom. The van der Waals surface area contributed by atoms with Crippen LogP contribution in [0, 0.1) is 16.2 Å². The third-order valence-corrected chi connectivity index (χ3v) is 1.97. The van der Waals surface area contributed by atoms with Crippen molar-refractivity contribution in [3.8, 4) is 11.8 Å². The van der Waals surface area contributed by atoms with Gasteiger partial charge >= 0.3 is 0 Å². The summed E-state index contributed by atoms with van der Waals surface area (Å²) in [6.07, 6.45) is 0.117. The smallest absolute Gasteiger partial charge is 0.188 e. The summed E-state index contributed by atoms with van der Waals surface area (Å²) in [5, 5.41) is 11.4. The van der Waals surface area contributed by atoms with Crippen molar-refractivity contribution in [2.24, 2.45) is 5.18 Å². The number of nitroso groups, excluding NO2 is 1. The van der Waals surface area contributed by atoms with Crippen LogP contribution >= 0.6 is 0 Å². The van der Waals surface area contributed by atoms with Crippen LogP contribution in [0.25, 0.3) is 0 Å². The van der Waals surface area contributed by atoms with Gasteiger partial charge in [-0.25, -0.2) is 0 Å². The lowest BCUT2D eigenvalue weighted by Gasteiger charge is -1.98. The maximum atomic E-state index is 10.2. The van der Waals surface area contributed by atoms with Gasteiger partial charge in [-0.15, -0.1) is 4.91 Å². The van der Waals surface area contributed by atoms with Crippen molar-refractivity contribution in [2.45, 2.75) is 12.5 Å². The SMILES string of the molecule is N#CC1Cc2cc(N=O)ccc2O1. The Hall–Kier alpha value is -1.89. The highest BCUT2D eigenvalue weighted by molar-refractivity contribution is 5.49. The molecule has 1 unspecified atom stereocenters. The number of rotatable bonds is 1. The molecule has 4 nitrogen and oxygen atoms in total. The van der Waals surface area contributed by atoms with E-state index in [4.69, 9.17) is 10.00 Å². The second-order valence-electron chi connectivity index (χ2n) is 2.82. The fourth-order valence-electron chi connectivity index (χ4n) is 1.36. The maximum Gasteiger partial charge on any atom is 0.188 e. The minimum absolute atomic E-state index is 0.376. The molecule has 0 N–H and O–H groups in total. The van der Waals surface area contributed by atoms with Crippen molar-refractivity contribution in [1.82, 2.24) is 0 Å². The van der Waals surface area contributed by atoms with Crippen LogP contribution in [0.4, 0.5) is 5.69 Å². The molecule has 1 heterocycles. The van der Waals surface area contributed by atoms with Crippen LogP contribution in [0.2, 0.25) is 0 Å². The third-order valence-electron chi connectivity index (χ3n) is 1.97. The summed E-state index contributed by atoms with van der Waals surface area (Å²) in [4.78, 5) is 10.2. The molecule has 1 atom stereocenters. The second-order valence-corrected chi connectivity index (χ2v) is 2.82. The highest BCUT2D eigenvalue weighted by Gasteiger charge is 2.22. The standard InChI is InChI=1S/C9H6N2O2/c10-5-8-4-6-3-7(11-12)1-2-9(6)13-8/h1-3,8H,4H2. The van der Waals surface area contributed by atoms with Crippen LogP contribution in [0.5, 0.6) is 5.75 Å². The lowest BCUT2D eigenvalue weighted by molar-refractivity contribution is 0.290. The topological polar surface area (TPSA) is 62.5 Å². The van der Waals surface area contributed by atoms with Gasteiger partial charge in [0.2, 0.25) is 0 Å². The summed E-state index contributed by atoms with van der Waals surface area (Å²) < 4.78 is 5.25. The van der Waals surface area contributed by atoms with Crippen LogP contribution in [0.15, 0.2) is 23.4 Å². The Bertz CT molecular complexity index is 395. The van der Waals surface area contributed by atoms with Crippen molar-refractivity contribution in [2.75, 3.05) is 0 Å². The first-order chi connectivity index (χ1) is 6.33. The molecular formula is C9H6N2O2. The molecule has 0 fully saturated rings. The summed E-state index contributed by atoms with van der Waals surface area (Å²) in [6.45, 7) is 0. The molecule has 64 valence electrons. The molecule has 13 heavy (non-hydrogen) atoms. The number of fused-ring (bicyclic) bond motifs is 1. The Labute approximate surface area is 74.7 Å². The molecule has 0 bridgehead atoms. The number of nitriles is 1. The Morgan fingerprint density at radius 2 is 2.46 bits per heavy atom. The largest absolute Gasteiger partial charge is 0.475 e. The summed E-state index contributed by atoms with van der Waals surface area (Å²) in [5.74, 6) is 0.680. The Kier molecular flexibility index (Phi) is 1.71. The van der Waals surface area contributed by atoms with Crippen LogP contribution < -0.4 is 4.74 Å². The molecule has 1 aliphatic rings. The second kappa shape index (κ2) is 2.87. The van der Waals surface area contributed by atoms with Gasteiger partial charge in [-0.2, -0.15) is 5.26 Å². The minimum Gasteiger partial charge on any atom is -0.475 e. The van der Waals surface area contributed by atoms with Gasteiger partial charge in [0.15, 0.2) is 6.10 Å². The lowest BCUT2D eigenvalue weighted by Crippen LogP contribution is -2.08. The zero-order chi connectivity index (χ0) is 9.26. The average molecular weight is 174 g/mol. The Morgan fingerprint density at radius 1 is 1.62 bits per heavy atom. The summed E-state index contributed by atoms with van der Waals surface area (Å²) in [5.41, 5.74) is 1.25. The highest BCUT2D eigenvalue weighted by Crippen LogP contribution is 2.31. The molecule has 0 amide bonds. The van der Waals surface area contributed by atoms with Crippen LogP contribution in [0.3, 0.4) is 0 Å². The van der Waals surface area contributed by atoms with Crippen molar-refractivity contribution in [3.05, 3.63) is 28.7 Å². The van der Waals surface area contributed by atoms with E-state index >= 15 is 0 Å². The molecule has 0 saturated heterocycles. The van der Waals surface area contributed by atoms with Crippen molar-refractivity contribution >= 4 is 5.69 Å². The number of benzene rings is 1. The highest BCUT2D eigenvalue weighted by atomic mass is 16.5. The van der Waals surface area contributed by atoms with E-state index in [1.54, 1.807) is 18.2 Å². The maximum absolute atomic E-state index is 10.2. The van der Waals surface area contributed by atoms with Crippen LogP contribution in [0.1, 0.15) is 5.56 Å². The first-order valence-electron chi connectivity index (χ1n) is 3.86. The molecule has 4 heteroatoms. The van der Waals surface area contributed by atoms with E-state index in [1.807, 2.05) is 6.07 Å². The zero-order valence-electron chi connectivity index (χ0n) is 6.73. The minimum atomic E-state index is -0.420. The lowest BCUT2D eigenvalue weighted by atomic mass is 10.1. The number of hydrogen-bond donors (Lipinski definition) is 0. The van der Waals surface area contributed by atoms with Crippen LogP contribution in [-0.4, -0.2) is 6.10 Å². The van der Waals surface area contributed by atoms with E-state index in [9.17, 15) is 4.91 Å². The van der Waals surface area contributed by atoms with E-state index < -0.39 is 6.10 Å². The normalized spacial score (nSPS) is 18.5. The predicted octanol–water partition coefficient (Wildman–Crippen LogP) is 1.91. The average Bonchev–Trinajstić information content (AvgIpc) is 2.58. The van der Waals surface area contributed by atoms with Gasteiger partial charge in [0.1, 0.15) is 17.5 Å². The van der Waals surface area contributed by atoms with E-state index in [1.165, 1.54) is 0 Å². The molecule has 0 aromatic heterocycles. The van der Waals surface area contributed by atoms with Gasteiger partial charge in [0.05, 0.1) is 0 Å².